The molecule has 226 valence electrons. The highest BCUT2D eigenvalue weighted by atomic mass is 31.3. The molecule has 0 spiro atoms. The molecule has 40 heavy (non-hydrogen) atoms. The van der Waals surface area contributed by atoms with E-state index in [1.807, 2.05) is 4.98 Å². The van der Waals surface area contributed by atoms with Gasteiger partial charge >= 0.3 is 27.3 Å². The third kappa shape index (κ3) is 7.09. The lowest BCUT2D eigenvalue weighted by Crippen LogP contribution is -2.64. The first-order valence-corrected chi connectivity index (χ1v) is 13.9. The van der Waals surface area contributed by atoms with Crippen molar-refractivity contribution >= 4 is 27.5 Å². The van der Waals surface area contributed by atoms with Crippen molar-refractivity contribution in [2.24, 2.45) is 0 Å². The van der Waals surface area contributed by atoms with Crippen LogP contribution in [0.4, 0.5) is 0 Å². The fraction of sp³-hybridized carbons (Fsp3) is 0.647. The standard InChI is InChI=1S/C17H25N3O18P2/c1-5(21)18-7-8(23)9(24)12(34-14(7)27)15(28)36-39(30,31)38-40(32,33-2)37-16-11(26)10(25)13(35-16)20-4-3-6(22)19-17(20)29/h3-4,7-14,16,23-27H,1-2H3,(H,18,21)(H,30,31)(H,19,22,29)/t7-,8-,9-,10+,11-,12+,13+,14?,16+,40?/m0/s1. The Balaban J connectivity index is 1.69. The summed E-state index contributed by atoms with van der Waals surface area (Å²) in [4.78, 5) is 58.6. The van der Waals surface area contributed by atoms with Gasteiger partial charge in [-0.05, 0) is 0 Å². The fourth-order valence-electron chi connectivity index (χ4n) is 3.57. The molecule has 11 atom stereocenters. The number of aromatic nitrogens is 2. The van der Waals surface area contributed by atoms with E-state index >= 15 is 0 Å². The molecule has 2 saturated heterocycles. The van der Waals surface area contributed by atoms with E-state index in [1.54, 1.807) is 0 Å². The number of amides is 1. The molecule has 0 radical (unpaired) electrons. The molecule has 3 rings (SSSR count). The molecule has 3 unspecified atom stereocenters. The summed E-state index contributed by atoms with van der Waals surface area (Å²) in [7, 11) is -10.5. The molecular weight excluding hydrogens is 596 g/mol. The van der Waals surface area contributed by atoms with Crippen LogP contribution in [0.15, 0.2) is 21.9 Å². The molecular formula is C17H25N3O18P2. The number of hydrogen-bond acceptors (Lipinski definition) is 17. The van der Waals surface area contributed by atoms with Gasteiger partial charge < -0.3 is 44.8 Å². The van der Waals surface area contributed by atoms with E-state index in [1.165, 1.54) is 0 Å². The average Bonchev–Trinajstić information content (AvgIpc) is 3.11. The van der Waals surface area contributed by atoms with E-state index in [-0.39, 0.29) is 0 Å². The third-order valence-corrected chi connectivity index (χ3v) is 8.36. The summed E-state index contributed by atoms with van der Waals surface area (Å²) in [6.45, 7) is 1.02. The topological polar surface area (TPSA) is 312 Å². The van der Waals surface area contributed by atoms with E-state index in [9.17, 15) is 58.7 Å². The molecule has 8 N–H and O–H groups in total. The minimum absolute atomic E-state index is 0.630. The highest BCUT2D eigenvalue weighted by Crippen LogP contribution is 2.64. The first-order chi connectivity index (χ1) is 18.5. The maximum atomic E-state index is 12.9. The minimum atomic E-state index is -5.82. The molecule has 1 aromatic heterocycles. The van der Waals surface area contributed by atoms with Gasteiger partial charge in [-0.15, -0.1) is 0 Å². The number of nitrogens with zero attached hydrogens (tertiary/aromatic N) is 1. The predicted octanol–water partition coefficient (Wildman–Crippen LogP) is -4.51. The molecule has 3 heterocycles. The van der Waals surface area contributed by atoms with Gasteiger partial charge in [-0.1, -0.05) is 0 Å². The second kappa shape index (κ2) is 12.2. The summed E-state index contributed by atoms with van der Waals surface area (Å²) in [6, 6.07) is -0.720. The maximum Gasteiger partial charge on any atom is 0.538 e. The molecule has 0 aromatic carbocycles. The first kappa shape index (κ1) is 32.2. The van der Waals surface area contributed by atoms with Crippen LogP contribution >= 0.6 is 15.6 Å². The molecule has 2 fully saturated rings. The number of aliphatic hydroxyl groups excluding tert-OH is 5. The number of hydrogen-bond donors (Lipinski definition) is 8. The summed E-state index contributed by atoms with van der Waals surface area (Å²) in [5.41, 5.74) is -1.87. The lowest BCUT2D eigenvalue weighted by molar-refractivity contribution is -0.248. The van der Waals surface area contributed by atoms with Crippen LogP contribution in [0, 0.1) is 0 Å². The van der Waals surface area contributed by atoms with Crippen molar-refractivity contribution in [3.05, 3.63) is 33.1 Å². The van der Waals surface area contributed by atoms with Crippen molar-refractivity contribution in [1.29, 1.82) is 0 Å². The Labute approximate surface area is 222 Å². The summed E-state index contributed by atoms with van der Waals surface area (Å²) >= 11 is 0. The van der Waals surface area contributed by atoms with Crippen molar-refractivity contribution in [2.75, 3.05) is 7.11 Å². The minimum Gasteiger partial charge on any atom is -0.388 e. The van der Waals surface area contributed by atoms with E-state index in [0.29, 0.717) is 11.7 Å². The SMILES string of the molecule is COP(=O)(O[C@H]1O[C@@H](n2ccc(=O)[nH]c2=O)[C@H](O)[C@@H]1O)OP(=O)(O)OC(=O)[C@@H]1OC(O)[C@@H](NC(C)=O)[C@H](O)[C@@H]1O. The number of aromatic amines is 1. The molecule has 2 aliphatic heterocycles. The Kier molecular flexibility index (Phi) is 9.85. The van der Waals surface area contributed by atoms with E-state index in [2.05, 4.69) is 18.7 Å². The average molecular weight is 621 g/mol. The number of carbonyl (C=O) groups excluding carboxylic acids is 2. The number of rotatable bonds is 9. The molecule has 1 amide bonds. The van der Waals surface area contributed by atoms with Crippen LogP contribution in [-0.4, -0.2) is 108 Å². The van der Waals surface area contributed by atoms with Gasteiger partial charge in [0.05, 0.1) is 0 Å². The van der Waals surface area contributed by atoms with Crippen LogP contribution in [0.5, 0.6) is 0 Å². The Morgan fingerprint density at radius 2 is 1.70 bits per heavy atom. The largest absolute Gasteiger partial charge is 0.538 e. The Bertz CT molecular complexity index is 1320. The quantitative estimate of drug-likeness (QED) is 0.120. The highest BCUT2D eigenvalue weighted by molar-refractivity contribution is 7.62. The van der Waals surface area contributed by atoms with Crippen LogP contribution in [0.25, 0.3) is 0 Å². The smallest absolute Gasteiger partial charge is 0.388 e. The number of phosphoric acid groups is 2. The van der Waals surface area contributed by atoms with Crippen LogP contribution in [0.2, 0.25) is 0 Å². The summed E-state index contributed by atoms with van der Waals surface area (Å²) in [6.07, 6.45) is -15.6. The van der Waals surface area contributed by atoms with Crippen molar-refractivity contribution in [1.82, 2.24) is 14.9 Å². The molecule has 0 aliphatic carbocycles. The van der Waals surface area contributed by atoms with E-state index in [0.717, 1.165) is 19.2 Å². The molecule has 0 saturated carbocycles. The lowest BCUT2D eigenvalue weighted by Gasteiger charge is -2.39. The Morgan fingerprint density at radius 1 is 1.05 bits per heavy atom. The van der Waals surface area contributed by atoms with Gasteiger partial charge in [0.1, 0.15) is 30.5 Å². The zero-order valence-electron chi connectivity index (χ0n) is 20.3. The van der Waals surface area contributed by atoms with Gasteiger partial charge in [0, 0.05) is 26.3 Å². The third-order valence-electron chi connectivity index (χ3n) is 5.41. The van der Waals surface area contributed by atoms with Gasteiger partial charge in [0.15, 0.2) is 24.9 Å². The molecule has 0 bridgehead atoms. The van der Waals surface area contributed by atoms with Crippen molar-refractivity contribution in [3.8, 4) is 0 Å². The first-order valence-electron chi connectivity index (χ1n) is 10.9. The van der Waals surface area contributed by atoms with Crippen molar-refractivity contribution < 1.29 is 76.5 Å². The van der Waals surface area contributed by atoms with Crippen LogP contribution in [-0.2, 0) is 46.1 Å². The second-order valence-corrected chi connectivity index (χ2v) is 11.5. The summed E-state index contributed by atoms with van der Waals surface area (Å²) in [5.74, 6) is -2.66. The maximum absolute atomic E-state index is 12.9. The second-order valence-electron chi connectivity index (χ2n) is 8.24. The van der Waals surface area contributed by atoms with Gasteiger partial charge in [-0.25, -0.2) is 18.7 Å². The monoisotopic (exact) mass is 621 g/mol. The number of aliphatic hydroxyl groups is 5. The molecule has 2 aliphatic rings. The van der Waals surface area contributed by atoms with Crippen LogP contribution < -0.4 is 16.6 Å². The number of ether oxygens (including phenoxy) is 2. The predicted molar refractivity (Wildman–Crippen MR) is 120 cm³/mol. The van der Waals surface area contributed by atoms with Crippen LogP contribution in [0.1, 0.15) is 13.2 Å². The van der Waals surface area contributed by atoms with E-state index < -0.39 is 94.1 Å². The van der Waals surface area contributed by atoms with E-state index in [4.69, 9.17) is 14.0 Å². The zero-order valence-corrected chi connectivity index (χ0v) is 22.1. The number of H-pyrrole nitrogens is 1. The molecule has 1 aromatic rings. The fourth-order valence-corrected chi connectivity index (χ4v) is 5.98. The molecule has 23 heteroatoms. The zero-order chi connectivity index (χ0) is 30.2. The van der Waals surface area contributed by atoms with Gasteiger partial charge in [0.25, 0.3) is 5.56 Å². The lowest BCUT2D eigenvalue weighted by atomic mass is 9.97. The highest BCUT2D eigenvalue weighted by Gasteiger charge is 2.53. The molecule has 21 nitrogen and oxygen atoms in total. The van der Waals surface area contributed by atoms with Crippen LogP contribution in [0.3, 0.4) is 0 Å². The number of phosphoric ester groups is 2. The van der Waals surface area contributed by atoms with Gasteiger partial charge in [-0.2, -0.15) is 4.31 Å². The number of carbonyl (C=O) groups is 2. The summed E-state index contributed by atoms with van der Waals surface area (Å²) < 4.78 is 53.5. The normalized spacial score (nSPS) is 35.4. The van der Waals surface area contributed by atoms with Gasteiger partial charge in [-0.3, -0.25) is 33.1 Å². The number of nitrogens with one attached hydrogen (secondary N) is 2. The Hall–Kier alpha value is -2.36. The summed E-state index contributed by atoms with van der Waals surface area (Å²) in [5, 5.41) is 52.6. The van der Waals surface area contributed by atoms with Crippen molar-refractivity contribution in [2.45, 2.75) is 62.3 Å². The van der Waals surface area contributed by atoms with Gasteiger partial charge in [0.2, 0.25) is 5.91 Å². The Morgan fingerprint density at radius 3 is 2.27 bits per heavy atom. The van der Waals surface area contributed by atoms with Crippen molar-refractivity contribution in [3.63, 3.8) is 0 Å².